The van der Waals surface area contributed by atoms with Gasteiger partial charge in [-0.3, -0.25) is 0 Å². The van der Waals surface area contributed by atoms with Crippen LogP contribution < -0.4 is 0 Å². The predicted molar refractivity (Wildman–Crippen MR) is 70.3 cm³/mol. The van der Waals surface area contributed by atoms with Gasteiger partial charge < -0.3 is 5.11 Å². The van der Waals surface area contributed by atoms with Crippen molar-refractivity contribution < 1.29 is 5.11 Å². The van der Waals surface area contributed by atoms with Crippen molar-refractivity contribution in [3.63, 3.8) is 0 Å². The first-order valence-corrected chi connectivity index (χ1v) is 6.77. The van der Waals surface area contributed by atoms with E-state index in [1.54, 1.807) is 23.1 Å². The van der Waals surface area contributed by atoms with E-state index in [0.29, 0.717) is 0 Å². The van der Waals surface area contributed by atoms with E-state index in [9.17, 15) is 0 Å². The maximum atomic E-state index is 9.00. The lowest BCUT2D eigenvalue weighted by Crippen LogP contribution is -1.80. The second-order valence-electron chi connectivity index (χ2n) is 3.73. The molecule has 0 saturated carbocycles. The molecular formula is C13H14OS2. The Balaban J connectivity index is 2.17. The minimum absolute atomic E-state index is 0.137. The Kier molecular flexibility index (Phi) is 3.69. The molecule has 0 atom stereocenters. The smallest absolute Gasteiger partial charge is 0.0774 e. The zero-order valence-electron chi connectivity index (χ0n) is 9.36. The van der Waals surface area contributed by atoms with Gasteiger partial charge >= 0.3 is 0 Å². The Morgan fingerprint density at radius 1 is 1.12 bits per heavy atom. The van der Waals surface area contributed by atoms with Crippen molar-refractivity contribution in [1.82, 2.24) is 0 Å². The molecule has 0 saturated heterocycles. The molecule has 1 heterocycles. The fraction of sp³-hybridized carbons (Fsp3) is 0.231. The summed E-state index contributed by atoms with van der Waals surface area (Å²) in [4.78, 5) is 2.28. The van der Waals surface area contributed by atoms with Crippen LogP contribution in [0.1, 0.15) is 16.0 Å². The van der Waals surface area contributed by atoms with Crippen molar-refractivity contribution in [2.75, 3.05) is 0 Å². The second kappa shape index (κ2) is 5.04. The molecule has 0 amide bonds. The van der Waals surface area contributed by atoms with Crippen LogP contribution in [0.25, 0.3) is 0 Å². The molecule has 0 spiro atoms. The van der Waals surface area contributed by atoms with Gasteiger partial charge in [0.15, 0.2) is 0 Å². The van der Waals surface area contributed by atoms with Gasteiger partial charge in [-0.05, 0) is 49.2 Å². The highest BCUT2D eigenvalue weighted by molar-refractivity contribution is 8.01. The molecular weight excluding hydrogens is 236 g/mol. The van der Waals surface area contributed by atoms with Crippen molar-refractivity contribution in [3.8, 4) is 0 Å². The Labute approximate surface area is 104 Å². The van der Waals surface area contributed by atoms with E-state index < -0.39 is 0 Å². The Bertz CT molecular complexity index is 488. The first-order chi connectivity index (χ1) is 7.69. The van der Waals surface area contributed by atoms with Gasteiger partial charge in [-0.25, -0.2) is 0 Å². The second-order valence-corrected chi connectivity index (χ2v) is 6.27. The highest BCUT2D eigenvalue weighted by atomic mass is 32.2. The predicted octanol–water partition coefficient (Wildman–Crippen LogP) is 4.01. The van der Waals surface area contributed by atoms with E-state index in [-0.39, 0.29) is 6.61 Å². The average Bonchev–Trinajstić information content (AvgIpc) is 2.71. The molecule has 0 radical (unpaired) electrons. The molecule has 2 aromatic rings. The summed E-state index contributed by atoms with van der Waals surface area (Å²) >= 11 is 3.40. The fourth-order valence-electron chi connectivity index (χ4n) is 1.39. The standard InChI is InChI=1S/C13H14OS2/c1-9-3-4-11(7-10(9)2)15-13-6-5-12(8-14)16-13/h3-7,14H,8H2,1-2H3. The normalized spacial score (nSPS) is 10.7. The van der Waals surface area contributed by atoms with Crippen LogP contribution in [0.5, 0.6) is 0 Å². The van der Waals surface area contributed by atoms with E-state index in [1.165, 1.54) is 20.2 Å². The third kappa shape index (κ3) is 2.67. The summed E-state index contributed by atoms with van der Waals surface area (Å²) in [6.45, 7) is 4.39. The molecule has 1 aromatic carbocycles. The van der Waals surface area contributed by atoms with Crippen LogP contribution in [0.3, 0.4) is 0 Å². The summed E-state index contributed by atoms with van der Waals surface area (Å²) in [5.74, 6) is 0. The molecule has 84 valence electrons. The molecule has 16 heavy (non-hydrogen) atoms. The van der Waals surface area contributed by atoms with Gasteiger partial charge in [-0.2, -0.15) is 0 Å². The molecule has 1 nitrogen and oxygen atoms in total. The third-order valence-electron chi connectivity index (χ3n) is 2.49. The van der Waals surface area contributed by atoms with Crippen molar-refractivity contribution in [3.05, 3.63) is 46.3 Å². The fourth-order valence-corrected chi connectivity index (χ4v) is 3.50. The molecule has 0 bridgehead atoms. The van der Waals surface area contributed by atoms with E-state index in [0.717, 1.165) is 4.88 Å². The van der Waals surface area contributed by atoms with Gasteiger partial charge in [0.05, 0.1) is 10.8 Å². The van der Waals surface area contributed by atoms with Crippen LogP contribution in [0.2, 0.25) is 0 Å². The molecule has 1 N–H and O–H groups in total. The summed E-state index contributed by atoms with van der Waals surface area (Å²) in [5.41, 5.74) is 2.65. The van der Waals surface area contributed by atoms with Crippen LogP contribution in [-0.2, 0) is 6.61 Å². The summed E-state index contributed by atoms with van der Waals surface area (Å²) in [5, 5.41) is 9.00. The van der Waals surface area contributed by atoms with Crippen LogP contribution in [0.15, 0.2) is 39.4 Å². The number of aryl methyl sites for hydroxylation is 2. The zero-order chi connectivity index (χ0) is 11.5. The third-order valence-corrected chi connectivity index (χ3v) is 4.68. The van der Waals surface area contributed by atoms with E-state index in [4.69, 9.17) is 5.11 Å². The lowest BCUT2D eigenvalue weighted by molar-refractivity contribution is 0.285. The highest BCUT2D eigenvalue weighted by Crippen LogP contribution is 2.34. The van der Waals surface area contributed by atoms with Gasteiger partial charge in [0, 0.05) is 9.77 Å². The van der Waals surface area contributed by atoms with Gasteiger partial charge in [-0.1, -0.05) is 17.8 Å². The van der Waals surface area contributed by atoms with Gasteiger partial charge in [0.1, 0.15) is 0 Å². The minimum Gasteiger partial charge on any atom is -0.391 e. The number of benzene rings is 1. The van der Waals surface area contributed by atoms with Crippen molar-refractivity contribution in [2.24, 2.45) is 0 Å². The Morgan fingerprint density at radius 2 is 1.94 bits per heavy atom. The molecule has 0 aliphatic rings. The summed E-state index contributed by atoms with van der Waals surface area (Å²) in [6.07, 6.45) is 0. The highest BCUT2D eigenvalue weighted by Gasteiger charge is 2.02. The number of thiophene rings is 1. The lowest BCUT2D eigenvalue weighted by Gasteiger charge is -2.03. The number of hydrogen-bond acceptors (Lipinski definition) is 3. The molecule has 0 aliphatic heterocycles. The molecule has 1 aromatic heterocycles. The first kappa shape index (κ1) is 11.7. The first-order valence-electron chi connectivity index (χ1n) is 5.13. The van der Waals surface area contributed by atoms with Gasteiger partial charge in [0.25, 0.3) is 0 Å². The Morgan fingerprint density at radius 3 is 2.56 bits per heavy atom. The number of aliphatic hydroxyl groups excluding tert-OH is 1. The van der Waals surface area contributed by atoms with E-state index in [2.05, 4.69) is 38.1 Å². The molecule has 0 unspecified atom stereocenters. The molecule has 2 rings (SSSR count). The number of aliphatic hydroxyl groups is 1. The topological polar surface area (TPSA) is 20.2 Å². The van der Waals surface area contributed by atoms with Gasteiger partial charge in [0.2, 0.25) is 0 Å². The Hall–Kier alpha value is -0.770. The van der Waals surface area contributed by atoms with Crippen molar-refractivity contribution >= 4 is 23.1 Å². The monoisotopic (exact) mass is 250 g/mol. The number of hydrogen-bond donors (Lipinski definition) is 1. The molecule has 0 aliphatic carbocycles. The van der Waals surface area contributed by atoms with E-state index in [1.807, 2.05) is 6.07 Å². The van der Waals surface area contributed by atoms with E-state index >= 15 is 0 Å². The summed E-state index contributed by atoms with van der Waals surface area (Å²) < 4.78 is 1.23. The lowest BCUT2D eigenvalue weighted by atomic mass is 10.1. The summed E-state index contributed by atoms with van der Waals surface area (Å²) in [6, 6.07) is 10.5. The van der Waals surface area contributed by atoms with Crippen LogP contribution in [-0.4, -0.2) is 5.11 Å². The molecule has 3 heteroatoms. The average molecular weight is 250 g/mol. The van der Waals surface area contributed by atoms with Crippen molar-refractivity contribution in [1.29, 1.82) is 0 Å². The van der Waals surface area contributed by atoms with Gasteiger partial charge in [-0.15, -0.1) is 11.3 Å². The largest absolute Gasteiger partial charge is 0.391 e. The maximum absolute atomic E-state index is 9.00. The van der Waals surface area contributed by atoms with Crippen LogP contribution >= 0.6 is 23.1 Å². The number of rotatable bonds is 3. The molecule has 0 fully saturated rings. The minimum atomic E-state index is 0.137. The summed E-state index contributed by atoms with van der Waals surface area (Å²) in [7, 11) is 0. The zero-order valence-corrected chi connectivity index (χ0v) is 11.0. The van der Waals surface area contributed by atoms with Crippen LogP contribution in [0, 0.1) is 13.8 Å². The van der Waals surface area contributed by atoms with Crippen LogP contribution in [0.4, 0.5) is 0 Å². The quantitative estimate of drug-likeness (QED) is 0.888. The van der Waals surface area contributed by atoms with Crippen molar-refractivity contribution in [2.45, 2.75) is 29.6 Å². The SMILES string of the molecule is Cc1ccc(Sc2ccc(CO)s2)cc1C. The maximum Gasteiger partial charge on any atom is 0.0774 e.